The quantitative estimate of drug-likeness (QED) is 0.847. The molecule has 104 valence electrons. The van der Waals surface area contributed by atoms with Gasteiger partial charge in [-0.05, 0) is 12.1 Å². The van der Waals surface area contributed by atoms with Crippen molar-refractivity contribution in [3.8, 4) is 0 Å². The smallest absolute Gasteiger partial charge is 0.242 e. The first kappa shape index (κ1) is 13.7. The van der Waals surface area contributed by atoms with Gasteiger partial charge in [0.1, 0.15) is 0 Å². The Kier molecular flexibility index (Phi) is 4.26. The standard InChI is InChI=1S/C12H13F3N2O2/c13-8-1-2-9(12(15)11(8)14)16-7-10(18)17-3-5-19-6-4-17/h1-2,16H,3-7H2. The minimum absolute atomic E-state index is 0.179. The van der Waals surface area contributed by atoms with Crippen LogP contribution in [-0.4, -0.2) is 43.7 Å². The van der Waals surface area contributed by atoms with E-state index in [1.807, 2.05) is 0 Å². The number of benzene rings is 1. The summed E-state index contributed by atoms with van der Waals surface area (Å²) >= 11 is 0. The van der Waals surface area contributed by atoms with Gasteiger partial charge in [-0.2, -0.15) is 0 Å². The number of nitrogens with one attached hydrogen (secondary N) is 1. The lowest BCUT2D eigenvalue weighted by Crippen LogP contribution is -2.43. The summed E-state index contributed by atoms with van der Waals surface area (Å²) in [5.74, 6) is -4.38. The number of halogens is 3. The summed E-state index contributed by atoms with van der Waals surface area (Å²) in [6.45, 7) is 1.69. The number of hydrogen-bond donors (Lipinski definition) is 1. The van der Waals surface area contributed by atoms with Gasteiger partial charge in [0, 0.05) is 13.1 Å². The third-order valence-corrected chi connectivity index (χ3v) is 2.83. The van der Waals surface area contributed by atoms with Crippen LogP contribution in [0.1, 0.15) is 0 Å². The summed E-state index contributed by atoms with van der Waals surface area (Å²) in [4.78, 5) is 13.3. The number of hydrogen-bond acceptors (Lipinski definition) is 3. The van der Waals surface area contributed by atoms with Crippen molar-refractivity contribution in [3.05, 3.63) is 29.6 Å². The number of anilines is 1. The van der Waals surface area contributed by atoms with Crippen molar-refractivity contribution in [2.24, 2.45) is 0 Å². The highest BCUT2D eigenvalue weighted by atomic mass is 19.2. The van der Waals surface area contributed by atoms with Gasteiger partial charge in [0.25, 0.3) is 0 Å². The van der Waals surface area contributed by atoms with Gasteiger partial charge in [0.2, 0.25) is 5.91 Å². The number of amides is 1. The fourth-order valence-electron chi connectivity index (χ4n) is 1.76. The van der Waals surface area contributed by atoms with Crippen molar-refractivity contribution in [1.82, 2.24) is 4.90 Å². The molecule has 1 fully saturated rings. The van der Waals surface area contributed by atoms with Crippen molar-refractivity contribution < 1.29 is 22.7 Å². The van der Waals surface area contributed by atoms with Gasteiger partial charge in [-0.1, -0.05) is 0 Å². The number of ether oxygens (including phenoxy) is 1. The van der Waals surface area contributed by atoms with Crippen LogP contribution in [0.3, 0.4) is 0 Å². The van der Waals surface area contributed by atoms with Crippen molar-refractivity contribution in [2.45, 2.75) is 0 Å². The maximum atomic E-state index is 13.3. The Morgan fingerprint density at radius 1 is 1.21 bits per heavy atom. The lowest BCUT2D eigenvalue weighted by atomic mass is 10.2. The zero-order valence-corrected chi connectivity index (χ0v) is 10.1. The third-order valence-electron chi connectivity index (χ3n) is 2.83. The topological polar surface area (TPSA) is 41.6 Å². The number of nitrogens with zero attached hydrogens (tertiary/aromatic N) is 1. The fourth-order valence-corrected chi connectivity index (χ4v) is 1.76. The molecule has 19 heavy (non-hydrogen) atoms. The van der Waals surface area contributed by atoms with E-state index < -0.39 is 17.5 Å². The maximum absolute atomic E-state index is 13.3. The molecule has 0 spiro atoms. The molecule has 0 aromatic heterocycles. The van der Waals surface area contributed by atoms with Crippen LogP contribution in [0.4, 0.5) is 18.9 Å². The Hall–Kier alpha value is -1.76. The SMILES string of the molecule is O=C(CNc1ccc(F)c(F)c1F)N1CCOCC1. The van der Waals surface area contributed by atoms with E-state index in [0.29, 0.717) is 26.3 Å². The maximum Gasteiger partial charge on any atom is 0.242 e. The Balaban J connectivity index is 1.95. The van der Waals surface area contributed by atoms with E-state index >= 15 is 0 Å². The van der Waals surface area contributed by atoms with Crippen molar-refractivity contribution in [1.29, 1.82) is 0 Å². The molecule has 1 N–H and O–H groups in total. The average Bonchev–Trinajstić information content (AvgIpc) is 2.45. The molecule has 0 bridgehead atoms. The molecular formula is C12H13F3N2O2. The highest BCUT2D eigenvalue weighted by Gasteiger charge is 2.18. The van der Waals surface area contributed by atoms with Gasteiger partial charge in [-0.15, -0.1) is 0 Å². The van der Waals surface area contributed by atoms with Crippen molar-refractivity contribution >= 4 is 11.6 Å². The molecule has 1 aliphatic heterocycles. The molecular weight excluding hydrogens is 261 g/mol. The number of carbonyl (C=O) groups excluding carboxylic acids is 1. The molecule has 0 radical (unpaired) electrons. The first-order valence-electron chi connectivity index (χ1n) is 5.82. The summed E-state index contributed by atoms with van der Waals surface area (Å²) < 4.78 is 44.1. The molecule has 4 nitrogen and oxygen atoms in total. The molecule has 0 atom stereocenters. The second-order valence-electron chi connectivity index (χ2n) is 4.07. The molecule has 0 aliphatic carbocycles. The van der Waals surface area contributed by atoms with Crippen LogP contribution in [0.2, 0.25) is 0 Å². The van der Waals surface area contributed by atoms with Crippen LogP contribution in [-0.2, 0) is 9.53 Å². The predicted octanol–water partition coefficient (Wildman–Crippen LogP) is 1.37. The van der Waals surface area contributed by atoms with E-state index in [-0.39, 0.29) is 18.1 Å². The molecule has 1 saturated heterocycles. The van der Waals surface area contributed by atoms with Gasteiger partial charge in [0.15, 0.2) is 17.5 Å². The zero-order valence-electron chi connectivity index (χ0n) is 10.1. The Morgan fingerprint density at radius 2 is 1.89 bits per heavy atom. The molecule has 1 aromatic rings. The molecule has 0 saturated carbocycles. The number of carbonyl (C=O) groups is 1. The fraction of sp³-hybridized carbons (Fsp3) is 0.417. The van der Waals surface area contributed by atoms with Crippen molar-refractivity contribution in [3.63, 3.8) is 0 Å². The Bertz CT molecular complexity index is 476. The van der Waals surface area contributed by atoms with Gasteiger partial charge < -0.3 is 15.0 Å². The molecule has 1 aromatic carbocycles. The molecule has 0 unspecified atom stereocenters. The summed E-state index contributed by atoms with van der Waals surface area (Å²) in [6, 6.07) is 1.86. The minimum Gasteiger partial charge on any atom is -0.378 e. The average molecular weight is 274 g/mol. The first-order chi connectivity index (χ1) is 9.09. The Morgan fingerprint density at radius 3 is 2.58 bits per heavy atom. The molecule has 2 rings (SSSR count). The van der Waals surface area contributed by atoms with Crippen LogP contribution >= 0.6 is 0 Å². The van der Waals surface area contributed by atoms with Gasteiger partial charge in [-0.3, -0.25) is 4.79 Å². The van der Waals surface area contributed by atoms with Crippen molar-refractivity contribution in [2.75, 3.05) is 38.2 Å². The summed E-state index contributed by atoms with van der Waals surface area (Å²) in [7, 11) is 0. The Labute approximate surface area is 108 Å². The number of morpholine rings is 1. The van der Waals surface area contributed by atoms with E-state index in [4.69, 9.17) is 4.74 Å². The van der Waals surface area contributed by atoms with E-state index in [0.717, 1.165) is 12.1 Å². The zero-order chi connectivity index (χ0) is 13.8. The van der Waals surface area contributed by atoms with Gasteiger partial charge in [-0.25, -0.2) is 13.2 Å². The largest absolute Gasteiger partial charge is 0.378 e. The van der Waals surface area contributed by atoms with E-state index in [9.17, 15) is 18.0 Å². The lowest BCUT2D eigenvalue weighted by Gasteiger charge is -2.27. The highest BCUT2D eigenvalue weighted by molar-refractivity contribution is 5.81. The summed E-state index contributed by atoms with van der Waals surface area (Å²) in [5, 5.41) is 2.46. The van der Waals surface area contributed by atoms with Gasteiger partial charge in [0.05, 0.1) is 25.4 Å². The number of rotatable bonds is 3. The minimum atomic E-state index is -1.55. The van der Waals surface area contributed by atoms with Crippen LogP contribution in [0.15, 0.2) is 12.1 Å². The second-order valence-corrected chi connectivity index (χ2v) is 4.07. The van der Waals surface area contributed by atoms with Crippen LogP contribution in [0.25, 0.3) is 0 Å². The van der Waals surface area contributed by atoms with Gasteiger partial charge >= 0.3 is 0 Å². The molecule has 1 amide bonds. The second kappa shape index (κ2) is 5.92. The van der Waals surface area contributed by atoms with E-state index in [1.165, 1.54) is 0 Å². The molecule has 1 aliphatic rings. The lowest BCUT2D eigenvalue weighted by molar-refractivity contribution is -0.133. The summed E-state index contributed by atoms with van der Waals surface area (Å²) in [6.07, 6.45) is 0. The monoisotopic (exact) mass is 274 g/mol. The summed E-state index contributed by atoms with van der Waals surface area (Å²) in [5.41, 5.74) is -0.236. The van der Waals surface area contributed by atoms with E-state index in [2.05, 4.69) is 5.32 Å². The predicted molar refractivity (Wildman–Crippen MR) is 62.2 cm³/mol. The van der Waals surface area contributed by atoms with Crippen LogP contribution in [0, 0.1) is 17.5 Å². The third kappa shape index (κ3) is 3.17. The first-order valence-corrected chi connectivity index (χ1v) is 5.82. The van der Waals surface area contributed by atoms with Crippen LogP contribution < -0.4 is 5.32 Å². The molecule has 1 heterocycles. The normalized spacial score (nSPS) is 15.4. The van der Waals surface area contributed by atoms with Crippen LogP contribution in [0.5, 0.6) is 0 Å². The molecule has 7 heteroatoms. The van der Waals surface area contributed by atoms with E-state index in [1.54, 1.807) is 4.90 Å². The highest BCUT2D eigenvalue weighted by Crippen LogP contribution is 2.19.